The van der Waals surface area contributed by atoms with Gasteiger partial charge in [0.2, 0.25) is 5.91 Å². The molecule has 5 aromatic rings. The number of benzene rings is 4. The summed E-state index contributed by atoms with van der Waals surface area (Å²) in [6.45, 7) is 7.63. The molecule has 4 aromatic carbocycles. The van der Waals surface area contributed by atoms with Gasteiger partial charge in [-0.25, -0.2) is 4.98 Å². The van der Waals surface area contributed by atoms with Crippen LogP contribution in [0.2, 0.25) is 0 Å². The number of aromatic nitrogens is 1. The van der Waals surface area contributed by atoms with Crippen LogP contribution in [-0.2, 0) is 22.6 Å². The highest BCUT2D eigenvalue weighted by molar-refractivity contribution is 7.96. The molecular formula is C42H43N3O4S. The van der Waals surface area contributed by atoms with E-state index in [1.165, 1.54) is 0 Å². The summed E-state index contributed by atoms with van der Waals surface area (Å²) < 4.78 is 11.6. The number of fused-ring (bicyclic) bond motifs is 1. The molecule has 8 heteroatoms. The number of nitrogens with zero attached hydrogens (tertiary/aromatic N) is 2. The molecule has 7 nitrogen and oxygen atoms in total. The van der Waals surface area contributed by atoms with Crippen LogP contribution in [0.15, 0.2) is 122 Å². The summed E-state index contributed by atoms with van der Waals surface area (Å²) in [4.78, 5) is 32.4. The van der Waals surface area contributed by atoms with Crippen molar-refractivity contribution in [3.8, 4) is 22.8 Å². The zero-order valence-electron chi connectivity index (χ0n) is 28.3. The molecule has 0 spiro atoms. The van der Waals surface area contributed by atoms with E-state index in [1.807, 2.05) is 95.9 Å². The van der Waals surface area contributed by atoms with Crippen LogP contribution in [0.5, 0.6) is 11.5 Å². The minimum Gasteiger partial charge on any atom is -0.457 e. The van der Waals surface area contributed by atoms with Crippen LogP contribution in [0.4, 0.5) is 4.79 Å². The lowest BCUT2D eigenvalue weighted by Gasteiger charge is -2.41. The first-order valence-corrected chi connectivity index (χ1v) is 17.5. The Morgan fingerprint density at radius 1 is 0.980 bits per heavy atom. The zero-order chi connectivity index (χ0) is 34.9. The number of para-hydroxylation sites is 1. The lowest BCUT2D eigenvalue weighted by Crippen LogP contribution is -2.47. The third-order valence-electron chi connectivity index (χ3n) is 9.42. The van der Waals surface area contributed by atoms with Crippen LogP contribution in [-0.4, -0.2) is 46.8 Å². The van der Waals surface area contributed by atoms with Gasteiger partial charge in [-0.3, -0.25) is 9.59 Å². The SMILES string of the molecule is C=CC(CNC(=O)COCc1ccccc1)C1CCN(C(=O)S)C(Cc2cc(-c3ccc(Oc4ccccc4)cc3)nc3ccc(C)cc23)C1. The number of carbonyl (C=O) groups is 2. The number of nitrogens with one attached hydrogen (secondary N) is 1. The summed E-state index contributed by atoms with van der Waals surface area (Å²) in [7, 11) is 0. The van der Waals surface area contributed by atoms with Gasteiger partial charge < -0.3 is 19.7 Å². The molecule has 1 aromatic heterocycles. The fourth-order valence-electron chi connectivity index (χ4n) is 6.78. The Labute approximate surface area is 299 Å². The van der Waals surface area contributed by atoms with Gasteiger partial charge in [0.25, 0.3) is 5.24 Å². The van der Waals surface area contributed by atoms with Crippen molar-refractivity contribution in [3.05, 3.63) is 139 Å². The second kappa shape index (κ2) is 16.7. The van der Waals surface area contributed by atoms with E-state index >= 15 is 0 Å². The van der Waals surface area contributed by atoms with E-state index in [0.717, 1.165) is 63.2 Å². The first kappa shape index (κ1) is 34.9. The smallest absolute Gasteiger partial charge is 0.278 e. The second-order valence-corrected chi connectivity index (χ2v) is 13.3. The van der Waals surface area contributed by atoms with E-state index in [2.05, 4.69) is 55.7 Å². The second-order valence-electron chi connectivity index (χ2n) is 12.9. The maximum absolute atomic E-state index is 12.8. The molecule has 0 aliphatic carbocycles. The average Bonchev–Trinajstić information content (AvgIpc) is 3.13. The van der Waals surface area contributed by atoms with E-state index in [4.69, 9.17) is 14.5 Å². The molecule has 1 fully saturated rings. The minimum atomic E-state index is -0.226. The summed E-state index contributed by atoms with van der Waals surface area (Å²) >= 11 is 4.28. The fraction of sp³-hybridized carbons (Fsp3) is 0.262. The molecule has 1 saturated heterocycles. The lowest BCUT2D eigenvalue weighted by atomic mass is 9.79. The van der Waals surface area contributed by atoms with Crippen LogP contribution in [0, 0.1) is 18.8 Å². The number of hydrogen-bond acceptors (Lipinski definition) is 5. The summed E-state index contributed by atoms with van der Waals surface area (Å²) in [5.41, 5.74) is 6.05. The molecule has 3 unspecified atom stereocenters. The number of pyridine rings is 1. The zero-order valence-corrected chi connectivity index (χ0v) is 29.2. The van der Waals surface area contributed by atoms with Gasteiger partial charge in [0.1, 0.15) is 18.1 Å². The highest BCUT2D eigenvalue weighted by Crippen LogP contribution is 2.35. The van der Waals surface area contributed by atoms with Crippen molar-refractivity contribution < 1.29 is 19.1 Å². The van der Waals surface area contributed by atoms with Gasteiger partial charge in [-0.1, -0.05) is 78.9 Å². The van der Waals surface area contributed by atoms with Gasteiger partial charge in [-0.2, -0.15) is 0 Å². The van der Waals surface area contributed by atoms with Gasteiger partial charge in [0.05, 0.1) is 17.8 Å². The Morgan fingerprint density at radius 3 is 2.42 bits per heavy atom. The number of piperidine rings is 1. The van der Waals surface area contributed by atoms with Gasteiger partial charge in [-0.15, -0.1) is 6.58 Å². The number of amides is 2. The third kappa shape index (κ3) is 9.00. The minimum absolute atomic E-state index is 0.00632. The van der Waals surface area contributed by atoms with Crippen molar-refractivity contribution in [2.24, 2.45) is 11.8 Å². The monoisotopic (exact) mass is 685 g/mol. The Morgan fingerprint density at radius 2 is 1.70 bits per heavy atom. The average molecular weight is 686 g/mol. The standard InChI is InChI=1S/C42H43N3O4S/c1-3-31(26-43-41(46)28-48-27-30-10-6-4-7-11-30)33-20-21-45(42(47)50)35(23-33)24-34-25-40(44-39-19-14-29(2)22-38(34)39)32-15-17-37(18-16-32)49-36-12-8-5-9-13-36/h3-19,22,25,31,33,35H,1,20-21,23-24,26-28H2,2H3,(H,43,46)(H,47,50). The highest BCUT2D eigenvalue weighted by atomic mass is 32.1. The molecule has 50 heavy (non-hydrogen) atoms. The van der Waals surface area contributed by atoms with Crippen LogP contribution < -0.4 is 10.1 Å². The molecule has 1 aliphatic heterocycles. The van der Waals surface area contributed by atoms with Crippen molar-refractivity contribution in [2.45, 2.75) is 38.8 Å². The molecule has 6 rings (SSSR count). The molecule has 256 valence electrons. The molecule has 0 saturated carbocycles. The maximum Gasteiger partial charge on any atom is 0.278 e. The summed E-state index contributed by atoms with van der Waals surface area (Å²) in [6.07, 6.45) is 4.15. The normalized spacial score (nSPS) is 16.5. The first-order chi connectivity index (χ1) is 24.4. The quantitative estimate of drug-likeness (QED) is 0.0957. The predicted octanol–water partition coefficient (Wildman–Crippen LogP) is 8.81. The molecule has 2 heterocycles. The molecule has 3 atom stereocenters. The lowest BCUT2D eigenvalue weighted by molar-refractivity contribution is -0.126. The van der Waals surface area contributed by atoms with E-state index < -0.39 is 0 Å². The molecule has 1 N–H and O–H groups in total. The van der Waals surface area contributed by atoms with E-state index in [-0.39, 0.29) is 35.6 Å². The van der Waals surface area contributed by atoms with Crippen molar-refractivity contribution >= 4 is 34.7 Å². The predicted molar refractivity (Wildman–Crippen MR) is 203 cm³/mol. The van der Waals surface area contributed by atoms with Gasteiger partial charge in [0.15, 0.2) is 0 Å². The Kier molecular flexibility index (Phi) is 11.6. The van der Waals surface area contributed by atoms with Crippen LogP contribution in [0.3, 0.4) is 0 Å². The largest absolute Gasteiger partial charge is 0.457 e. The highest BCUT2D eigenvalue weighted by Gasteiger charge is 2.34. The number of hydrogen-bond donors (Lipinski definition) is 2. The van der Waals surface area contributed by atoms with Gasteiger partial charge >= 0.3 is 0 Å². The number of ether oxygens (including phenoxy) is 2. The van der Waals surface area contributed by atoms with Crippen molar-refractivity contribution in [1.29, 1.82) is 0 Å². The number of likely N-dealkylation sites (tertiary alicyclic amines) is 1. The Bertz CT molecular complexity index is 1920. The number of carbonyl (C=O) groups excluding carboxylic acids is 2. The number of thiol groups is 1. The maximum atomic E-state index is 12.8. The fourth-order valence-corrected chi connectivity index (χ4v) is 7.04. The Balaban J connectivity index is 1.17. The summed E-state index contributed by atoms with van der Waals surface area (Å²) in [5.74, 6) is 1.66. The molecular weight excluding hydrogens is 643 g/mol. The van der Waals surface area contributed by atoms with Crippen LogP contribution in [0.25, 0.3) is 22.2 Å². The molecule has 0 radical (unpaired) electrons. The van der Waals surface area contributed by atoms with Gasteiger partial charge in [0, 0.05) is 30.1 Å². The van der Waals surface area contributed by atoms with Crippen LogP contribution in [0.1, 0.15) is 29.5 Å². The number of aryl methyl sites for hydroxylation is 1. The van der Waals surface area contributed by atoms with Crippen molar-refractivity contribution in [2.75, 3.05) is 19.7 Å². The van der Waals surface area contributed by atoms with Gasteiger partial charge in [-0.05, 0) is 104 Å². The molecule has 1 aliphatic rings. The van der Waals surface area contributed by atoms with E-state index in [1.54, 1.807) is 0 Å². The van der Waals surface area contributed by atoms with Crippen LogP contribution >= 0.6 is 12.6 Å². The first-order valence-electron chi connectivity index (χ1n) is 17.1. The summed E-state index contributed by atoms with van der Waals surface area (Å²) in [5, 5.41) is 3.89. The molecule has 0 bridgehead atoms. The Hall–Kier alpha value is -4.92. The third-order valence-corrected chi connectivity index (χ3v) is 9.68. The van der Waals surface area contributed by atoms with E-state index in [0.29, 0.717) is 26.1 Å². The number of rotatable bonds is 13. The molecule has 2 amide bonds. The topological polar surface area (TPSA) is 80.8 Å². The van der Waals surface area contributed by atoms with Crippen molar-refractivity contribution in [3.63, 3.8) is 0 Å². The van der Waals surface area contributed by atoms with Crippen molar-refractivity contribution in [1.82, 2.24) is 15.2 Å². The van der Waals surface area contributed by atoms with E-state index in [9.17, 15) is 9.59 Å². The summed E-state index contributed by atoms with van der Waals surface area (Å²) in [6, 6.07) is 35.9.